The van der Waals surface area contributed by atoms with Gasteiger partial charge in [-0.2, -0.15) is 0 Å². The first-order chi connectivity index (χ1) is 8.56. The van der Waals surface area contributed by atoms with Crippen molar-refractivity contribution in [3.05, 3.63) is 40.7 Å². The molecule has 2 aromatic heterocycles. The van der Waals surface area contributed by atoms with E-state index in [1.165, 1.54) is 12.3 Å². The summed E-state index contributed by atoms with van der Waals surface area (Å²) in [5.74, 6) is 0.538. The lowest BCUT2D eigenvalue weighted by Crippen LogP contribution is -2.04. The Morgan fingerprint density at radius 3 is 2.83 bits per heavy atom. The Bertz CT molecular complexity index is 583. The lowest BCUT2D eigenvalue weighted by atomic mass is 10.3. The van der Waals surface area contributed by atoms with E-state index in [-0.39, 0.29) is 10.6 Å². The van der Waals surface area contributed by atoms with Crippen LogP contribution in [-0.4, -0.2) is 21.0 Å². The number of hydrogen-bond acceptors (Lipinski definition) is 5. The SMILES string of the molecule is Cc1cnc(CNc2ncc(C(=O)O)cc2Cl)o1. The van der Waals surface area contributed by atoms with Gasteiger partial charge >= 0.3 is 5.97 Å². The highest BCUT2D eigenvalue weighted by atomic mass is 35.5. The van der Waals surface area contributed by atoms with Crippen molar-refractivity contribution in [1.82, 2.24) is 9.97 Å². The first kappa shape index (κ1) is 12.4. The minimum Gasteiger partial charge on any atom is -0.478 e. The number of anilines is 1. The quantitative estimate of drug-likeness (QED) is 0.884. The molecule has 0 spiro atoms. The Balaban J connectivity index is 2.08. The number of rotatable bonds is 4. The zero-order valence-electron chi connectivity index (χ0n) is 9.48. The molecule has 0 radical (unpaired) electrons. The molecule has 0 saturated carbocycles. The van der Waals surface area contributed by atoms with E-state index in [2.05, 4.69) is 15.3 Å². The van der Waals surface area contributed by atoms with Crippen LogP contribution in [0.4, 0.5) is 5.82 Å². The van der Waals surface area contributed by atoms with Crippen molar-refractivity contribution in [2.45, 2.75) is 13.5 Å². The molecule has 0 bridgehead atoms. The van der Waals surface area contributed by atoms with Crippen molar-refractivity contribution in [1.29, 1.82) is 0 Å². The summed E-state index contributed by atoms with van der Waals surface area (Å²) in [6.07, 6.45) is 2.84. The highest BCUT2D eigenvalue weighted by molar-refractivity contribution is 6.33. The number of carboxylic acid groups (broad SMARTS) is 1. The maximum atomic E-state index is 10.7. The summed E-state index contributed by atoms with van der Waals surface area (Å²) in [6.45, 7) is 2.12. The number of nitrogens with one attached hydrogen (secondary N) is 1. The zero-order valence-corrected chi connectivity index (χ0v) is 10.2. The fourth-order valence-corrected chi connectivity index (χ4v) is 1.56. The minimum absolute atomic E-state index is 0.0394. The van der Waals surface area contributed by atoms with Crippen molar-refractivity contribution >= 4 is 23.4 Å². The highest BCUT2D eigenvalue weighted by Crippen LogP contribution is 2.20. The molecule has 2 aromatic rings. The first-order valence-corrected chi connectivity index (χ1v) is 5.48. The summed E-state index contributed by atoms with van der Waals surface area (Å²) in [6, 6.07) is 1.33. The third-order valence-corrected chi connectivity index (χ3v) is 2.45. The molecule has 2 N–H and O–H groups in total. The topological polar surface area (TPSA) is 88.2 Å². The third-order valence-electron chi connectivity index (χ3n) is 2.16. The number of carboxylic acids is 1. The van der Waals surface area contributed by atoms with Gasteiger partial charge in [-0.05, 0) is 13.0 Å². The Morgan fingerprint density at radius 1 is 1.50 bits per heavy atom. The molecule has 0 fully saturated rings. The van der Waals surface area contributed by atoms with E-state index in [9.17, 15) is 4.79 Å². The third kappa shape index (κ3) is 2.78. The molecule has 0 amide bonds. The van der Waals surface area contributed by atoms with Gasteiger partial charge in [-0.3, -0.25) is 0 Å². The lowest BCUT2D eigenvalue weighted by Gasteiger charge is -2.05. The smallest absolute Gasteiger partial charge is 0.337 e. The molecule has 0 aromatic carbocycles. The average Bonchev–Trinajstić information content (AvgIpc) is 2.73. The maximum absolute atomic E-state index is 10.7. The van der Waals surface area contributed by atoms with E-state index in [1.807, 2.05) is 0 Å². The van der Waals surface area contributed by atoms with Crippen molar-refractivity contribution in [3.8, 4) is 0 Å². The number of aromatic nitrogens is 2. The fraction of sp³-hybridized carbons (Fsp3) is 0.182. The molecular formula is C11H10ClN3O3. The number of pyridine rings is 1. The predicted octanol–water partition coefficient (Wildman–Crippen LogP) is 2.34. The Morgan fingerprint density at radius 2 is 2.28 bits per heavy atom. The van der Waals surface area contributed by atoms with Gasteiger partial charge in [0, 0.05) is 6.20 Å². The van der Waals surface area contributed by atoms with Crippen LogP contribution in [0.25, 0.3) is 0 Å². The van der Waals surface area contributed by atoms with Crippen LogP contribution in [-0.2, 0) is 6.54 Å². The summed E-state index contributed by atoms with van der Waals surface area (Å²) in [4.78, 5) is 18.6. The van der Waals surface area contributed by atoms with Gasteiger partial charge in [0.15, 0.2) is 0 Å². The van der Waals surface area contributed by atoms with Gasteiger partial charge in [-0.15, -0.1) is 0 Å². The summed E-state index contributed by atoms with van der Waals surface area (Å²) in [7, 11) is 0. The van der Waals surface area contributed by atoms with Gasteiger partial charge in [0.05, 0.1) is 23.3 Å². The minimum atomic E-state index is -1.07. The molecule has 0 aliphatic heterocycles. The normalized spacial score (nSPS) is 10.3. The second kappa shape index (κ2) is 5.05. The van der Waals surface area contributed by atoms with Gasteiger partial charge < -0.3 is 14.8 Å². The summed E-state index contributed by atoms with van der Waals surface area (Å²) >= 11 is 5.91. The Kier molecular flexibility index (Phi) is 3.47. The average molecular weight is 268 g/mol. The van der Waals surface area contributed by atoms with E-state index in [0.29, 0.717) is 24.0 Å². The molecule has 0 saturated heterocycles. The zero-order chi connectivity index (χ0) is 13.1. The molecule has 2 heterocycles. The van der Waals surface area contributed by atoms with Crippen molar-refractivity contribution in [2.24, 2.45) is 0 Å². The van der Waals surface area contributed by atoms with Crippen LogP contribution in [0.2, 0.25) is 5.02 Å². The standard InChI is InChI=1S/C11H10ClN3O3/c1-6-3-13-9(18-6)5-15-10-8(12)2-7(4-14-10)11(16)17/h2-4H,5H2,1H3,(H,14,15)(H,16,17). The highest BCUT2D eigenvalue weighted by Gasteiger charge is 2.09. The van der Waals surface area contributed by atoms with Crippen molar-refractivity contribution in [2.75, 3.05) is 5.32 Å². The molecule has 7 heteroatoms. The Hall–Kier alpha value is -2.08. The molecule has 0 unspecified atom stereocenters. The van der Waals surface area contributed by atoms with Gasteiger partial charge in [-0.1, -0.05) is 11.6 Å². The second-order valence-electron chi connectivity index (χ2n) is 3.58. The van der Waals surface area contributed by atoms with E-state index < -0.39 is 5.97 Å². The molecule has 2 rings (SSSR count). The monoisotopic (exact) mass is 267 g/mol. The summed E-state index contributed by atoms with van der Waals surface area (Å²) in [5, 5.41) is 11.9. The van der Waals surface area contributed by atoms with Crippen LogP contribution in [0, 0.1) is 6.92 Å². The number of oxazole rings is 1. The van der Waals surface area contributed by atoms with E-state index in [0.717, 1.165) is 0 Å². The first-order valence-electron chi connectivity index (χ1n) is 5.10. The van der Waals surface area contributed by atoms with Crippen LogP contribution in [0.5, 0.6) is 0 Å². The molecule has 18 heavy (non-hydrogen) atoms. The lowest BCUT2D eigenvalue weighted by molar-refractivity contribution is 0.0696. The molecule has 0 aliphatic carbocycles. The van der Waals surface area contributed by atoms with Gasteiger partial charge in [0.25, 0.3) is 0 Å². The molecule has 0 atom stereocenters. The summed E-state index contributed by atoms with van der Waals surface area (Å²) in [5.41, 5.74) is 0.0394. The largest absolute Gasteiger partial charge is 0.478 e. The molecule has 94 valence electrons. The van der Waals surface area contributed by atoms with Crippen LogP contribution < -0.4 is 5.32 Å². The van der Waals surface area contributed by atoms with Gasteiger partial charge in [0.2, 0.25) is 5.89 Å². The van der Waals surface area contributed by atoms with E-state index >= 15 is 0 Å². The number of aromatic carboxylic acids is 1. The second-order valence-corrected chi connectivity index (χ2v) is 3.98. The van der Waals surface area contributed by atoms with Crippen LogP contribution >= 0.6 is 11.6 Å². The van der Waals surface area contributed by atoms with Gasteiger partial charge in [0.1, 0.15) is 11.6 Å². The fourth-order valence-electron chi connectivity index (χ4n) is 1.33. The number of carbonyl (C=O) groups is 1. The molecule has 6 nitrogen and oxygen atoms in total. The van der Waals surface area contributed by atoms with Crippen LogP contribution in [0.3, 0.4) is 0 Å². The predicted molar refractivity (Wildman–Crippen MR) is 64.8 cm³/mol. The van der Waals surface area contributed by atoms with Crippen LogP contribution in [0.15, 0.2) is 22.9 Å². The van der Waals surface area contributed by atoms with Gasteiger partial charge in [-0.25, -0.2) is 14.8 Å². The molecular weight excluding hydrogens is 258 g/mol. The number of nitrogens with zero attached hydrogens (tertiary/aromatic N) is 2. The number of aryl methyl sites for hydroxylation is 1. The van der Waals surface area contributed by atoms with Crippen LogP contribution in [0.1, 0.15) is 22.0 Å². The molecule has 0 aliphatic rings. The van der Waals surface area contributed by atoms with Crippen molar-refractivity contribution < 1.29 is 14.3 Å². The summed E-state index contributed by atoms with van der Waals surface area (Å²) < 4.78 is 5.27. The number of hydrogen-bond donors (Lipinski definition) is 2. The maximum Gasteiger partial charge on any atom is 0.337 e. The number of halogens is 1. The van der Waals surface area contributed by atoms with Crippen molar-refractivity contribution in [3.63, 3.8) is 0 Å². The van der Waals surface area contributed by atoms with E-state index in [1.54, 1.807) is 13.1 Å². The Labute approximate surface area is 108 Å². The van der Waals surface area contributed by atoms with E-state index in [4.69, 9.17) is 21.1 Å².